The molecule has 0 aliphatic carbocycles. The lowest BCUT2D eigenvalue weighted by atomic mass is 10.2. The van der Waals surface area contributed by atoms with E-state index in [0.717, 1.165) is 24.1 Å². The summed E-state index contributed by atoms with van der Waals surface area (Å²) in [6, 6.07) is 1.83. The van der Waals surface area contributed by atoms with Crippen molar-refractivity contribution in [2.24, 2.45) is 0 Å². The molecule has 0 aliphatic rings. The van der Waals surface area contributed by atoms with Crippen LogP contribution in [0.4, 0.5) is 0 Å². The minimum absolute atomic E-state index is 0.108. The number of rotatable bonds is 8. The van der Waals surface area contributed by atoms with Crippen LogP contribution in [0.2, 0.25) is 0 Å². The van der Waals surface area contributed by atoms with Gasteiger partial charge in [-0.05, 0) is 37.1 Å². The molecule has 0 atom stereocenters. The van der Waals surface area contributed by atoms with Crippen molar-refractivity contribution in [3.05, 3.63) is 29.6 Å². The van der Waals surface area contributed by atoms with Gasteiger partial charge in [0.1, 0.15) is 0 Å². The first-order valence-corrected chi connectivity index (χ1v) is 7.78. The van der Waals surface area contributed by atoms with Crippen LogP contribution in [0.3, 0.4) is 0 Å². The van der Waals surface area contributed by atoms with Gasteiger partial charge in [0.15, 0.2) is 0 Å². The van der Waals surface area contributed by atoms with Gasteiger partial charge >= 0.3 is 0 Å². The largest absolute Gasteiger partial charge is 0.316 e. The number of hydrogen-bond donors (Lipinski definition) is 2. The highest BCUT2D eigenvalue weighted by Crippen LogP contribution is 2.04. The molecule has 0 spiro atoms. The number of pyridine rings is 1. The molecule has 0 saturated heterocycles. The molecule has 0 radical (unpaired) electrons. The van der Waals surface area contributed by atoms with Crippen molar-refractivity contribution in [2.45, 2.75) is 26.8 Å². The van der Waals surface area contributed by atoms with E-state index in [4.69, 9.17) is 0 Å². The minimum atomic E-state index is -3.21. The Morgan fingerprint density at radius 3 is 2.78 bits per heavy atom. The molecule has 6 heteroatoms. The van der Waals surface area contributed by atoms with Crippen LogP contribution in [0.1, 0.15) is 24.5 Å². The number of aryl methyl sites for hydroxylation is 1. The first-order valence-electron chi connectivity index (χ1n) is 6.12. The molecule has 1 rings (SSSR count). The Balaban J connectivity index is 2.40. The fourth-order valence-corrected chi connectivity index (χ4v) is 2.40. The van der Waals surface area contributed by atoms with Crippen LogP contribution in [0.25, 0.3) is 0 Å². The molecule has 1 aromatic heterocycles. The van der Waals surface area contributed by atoms with Crippen LogP contribution in [-0.4, -0.2) is 32.2 Å². The van der Waals surface area contributed by atoms with Gasteiger partial charge in [0.25, 0.3) is 0 Å². The Kier molecular flexibility index (Phi) is 6.24. The summed E-state index contributed by atoms with van der Waals surface area (Å²) in [7, 11) is -3.21. The molecular weight excluding hydrogens is 250 g/mol. The zero-order valence-corrected chi connectivity index (χ0v) is 11.8. The third-order valence-corrected chi connectivity index (χ3v) is 3.92. The van der Waals surface area contributed by atoms with Crippen LogP contribution in [-0.2, 0) is 16.6 Å². The quantitative estimate of drug-likeness (QED) is 0.686. The topological polar surface area (TPSA) is 71.1 Å². The highest BCUT2D eigenvalue weighted by molar-refractivity contribution is 7.89. The second-order valence-electron chi connectivity index (χ2n) is 4.19. The minimum Gasteiger partial charge on any atom is -0.316 e. The van der Waals surface area contributed by atoms with E-state index < -0.39 is 10.0 Å². The molecule has 0 bridgehead atoms. The third kappa shape index (κ3) is 5.57. The second-order valence-corrected chi connectivity index (χ2v) is 6.12. The van der Waals surface area contributed by atoms with E-state index in [1.54, 1.807) is 12.4 Å². The Morgan fingerprint density at radius 2 is 2.11 bits per heavy atom. The van der Waals surface area contributed by atoms with Gasteiger partial charge in [-0.2, -0.15) is 0 Å². The van der Waals surface area contributed by atoms with Crippen LogP contribution in [0, 0.1) is 6.92 Å². The summed E-state index contributed by atoms with van der Waals surface area (Å²) >= 11 is 0. The van der Waals surface area contributed by atoms with Crippen molar-refractivity contribution in [2.75, 3.05) is 18.8 Å². The molecular formula is C12H21N3O2S. The van der Waals surface area contributed by atoms with Crippen LogP contribution in [0.5, 0.6) is 0 Å². The van der Waals surface area contributed by atoms with Crippen LogP contribution < -0.4 is 10.0 Å². The Labute approximate surface area is 109 Å². The molecule has 18 heavy (non-hydrogen) atoms. The summed E-state index contributed by atoms with van der Waals surface area (Å²) < 4.78 is 26.0. The molecule has 0 fully saturated rings. The molecule has 0 amide bonds. The summed E-state index contributed by atoms with van der Waals surface area (Å²) in [6.07, 6.45) is 4.40. The van der Waals surface area contributed by atoms with Crippen molar-refractivity contribution < 1.29 is 8.42 Å². The van der Waals surface area contributed by atoms with Crippen LogP contribution >= 0.6 is 0 Å². The highest BCUT2D eigenvalue weighted by atomic mass is 32.2. The van der Waals surface area contributed by atoms with E-state index in [9.17, 15) is 8.42 Å². The maximum absolute atomic E-state index is 11.7. The van der Waals surface area contributed by atoms with Gasteiger partial charge in [0.2, 0.25) is 10.0 Å². The molecule has 2 N–H and O–H groups in total. The molecule has 1 aromatic rings. The van der Waals surface area contributed by atoms with Gasteiger partial charge in [-0.15, -0.1) is 0 Å². The lowest BCUT2D eigenvalue weighted by Gasteiger charge is -2.08. The summed E-state index contributed by atoms with van der Waals surface area (Å²) in [6.45, 7) is 5.62. The van der Waals surface area contributed by atoms with E-state index >= 15 is 0 Å². The lowest BCUT2D eigenvalue weighted by molar-refractivity contribution is 0.576. The highest BCUT2D eigenvalue weighted by Gasteiger charge is 2.09. The summed E-state index contributed by atoms with van der Waals surface area (Å²) in [5.74, 6) is 0.108. The van der Waals surface area contributed by atoms with Gasteiger partial charge in [0.05, 0.1) is 5.75 Å². The van der Waals surface area contributed by atoms with E-state index in [1.807, 2.05) is 19.9 Å². The first-order chi connectivity index (χ1) is 8.55. The molecule has 5 nitrogen and oxygen atoms in total. The monoisotopic (exact) mass is 271 g/mol. The fourth-order valence-electron chi connectivity index (χ4n) is 1.47. The van der Waals surface area contributed by atoms with E-state index in [0.29, 0.717) is 13.1 Å². The van der Waals surface area contributed by atoms with E-state index in [-0.39, 0.29) is 5.75 Å². The summed E-state index contributed by atoms with van der Waals surface area (Å²) in [4.78, 5) is 3.97. The van der Waals surface area contributed by atoms with Gasteiger partial charge < -0.3 is 5.32 Å². The number of sulfonamides is 1. The SMILES string of the molecule is CCCNCCS(=O)(=O)NCc1ccncc1C. The Bertz CT molecular complexity index is 460. The number of nitrogens with one attached hydrogen (secondary N) is 2. The van der Waals surface area contributed by atoms with Crippen molar-refractivity contribution in [1.82, 2.24) is 15.0 Å². The number of hydrogen-bond acceptors (Lipinski definition) is 4. The number of aromatic nitrogens is 1. The van der Waals surface area contributed by atoms with Gasteiger partial charge in [-0.25, -0.2) is 13.1 Å². The molecule has 1 heterocycles. The molecule has 0 saturated carbocycles. The predicted octanol–water partition coefficient (Wildman–Crippen LogP) is 0.809. The van der Waals surface area contributed by atoms with Crippen molar-refractivity contribution in [3.63, 3.8) is 0 Å². The maximum Gasteiger partial charge on any atom is 0.213 e. The zero-order valence-electron chi connectivity index (χ0n) is 10.9. The van der Waals surface area contributed by atoms with Gasteiger partial charge in [-0.1, -0.05) is 6.92 Å². The molecule has 0 aromatic carbocycles. The maximum atomic E-state index is 11.7. The number of nitrogens with zero attached hydrogens (tertiary/aromatic N) is 1. The average molecular weight is 271 g/mol. The third-order valence-electron chi connectivity index (χ3n) is 2.59. The first kappa shape index (κ1) is 15.1. The smallest absolute Gasteiger partial charge is 0.213 e. The predicted molar refractivity (Wildman–Crippen MR) is 72.8 cm³/mol. The molecule has 0 aliphatic heterocycles. The van der Waals surface area contributed by atoms with E-state index in [2.05, 4.69) is 15.0 Å². The van der Waals surface area contributed by atoms with Gasteiger partial charge in [0, 0.05) is 25.5 Å². The van der Waals surface area contributed by atoms with Crippen molar-refractivity contribution in [1.29, 1.82) is 0 Å². The Hall–Kier alpha value is -0.980. The van der Waals surface area contributed by atoms with E-state index in [1.165, 1.54) is 0 Å². The van der Waals surface area contributed by atoms with Crippen molar-refractivity contribution in [3.8, 4) is 0 Å². The lowest BCUT2D eigenvalue weighted by Crippen LogP contribution is -2.32. The second kappa shape index (κ2) is 7.45. The van der Waals surface area contributed by atoms with Crippen LogP contribution in [0.15, 0.2) is 18.5 Å². The Morgan fingerprint density at radius 1 is 1.33 bits per heavy atom. The summed E-state index contributed by atoms with van der Waals surface area (Å²) in [5.41, 5.74) is 1.94. The average Bonchev–Trinajstić information content (AvgIpc) is 2.34. The zero-order chi connectivity index (χ0) is 13.4. The molecule has 0 unspecified atom stereocenters. The summed E-state index contributed by atoms with van der Waals surface area (Å²) in [5, 5.41) is 3.07. The normalized spacial score (nSPS) is 11.7. The fraction of sp³-hybridized carbons (Fsp3) is 0.583. The van der Waals surface area contributed by atoms with Gasteiger partial charge in [-0.3, -0.25) is 4.98 Å². The van der Waals surface area contributed by atoms with Crippen molar-refractivity contribution >= 4 is 10.0 Å². The molecule has 102 valence electrons. The standard InChI is InChI=1S/C12H21N3O2S/c1-3-5-13-7-8-18(16,17)15-10-12-4-6-14-9-11(12)2/h4,6,9,13,15H,3,5,7-8,10H2,1-2H3.